The van der Waals surface area contributed by atoms with E-state index in [1.807, 2.05) is 18.2 Å². The highest BCUT2D eigenvalue weighted by Gasteiger charge is 2.33. The van der Waals surface area contributed by atoms with Crippen LogP contribution in [0.2, 0.25) is 0 Å². The summed E-state index contributed by atoms with van der Waals surface area (Å²) in [7, 11) is 0. The van der Waals surface area contributed by atoms with Gasteiger partial charge in [-0.1, -0.05) is 6.07 Å². The number of hydrogen-bond donors (Lipinski definition) is 1. The molecule has 1 aliphatic rings. The van der Waals surface area contributed by atoms with Crippen molar-refractivity contribution in [2.75, 3.05) is 13.1 Å². The maximum Gasteiger partial charge on any atom is 0.254 e. The van der Waals surface area contributed by atoms with Crippen LogP contribution in [-0.2, 0) is 0 Å². The molecule has 0 aliphatic carbocycles. The molecule has 4 nitrogen and oxygen atoms in total. The van der Waals surface area contributed by atoms with E-state index in [9.17, 15) is 8.78 Å². The van der Waals surface area contributed by atoms with Gasteiger partial charge in [-0.25, -0.2) is 8.78 Å². The van der Waals surface area contributed by atoms with Crippen LogP contribution in [0.1, 0.15) is 25.5 Å². The van der Waals surface area contributed by atoms with Crippen LogP contribution in [-0.4, -0.2) is 46.5 Å². The zero-order chi connectivity index (χ0) is 15.7. The van der Waals surface area contributed by atoms with Gasteiger partial charge in [0.2, 0.25) is 0 Å². The Kier molecular flexibility index (Phi) is 4.31. The predicted molar refractivity (Wildman–Crippen MR) is 81.9 cm³/mol. The van der Waals surface area contributed by atoms with Gasteiger partial charge >= 0.3 is 0 Å². The lowest BCUT2D eigenvalue weighted by Crippen LogP contribution is -2.58. The third kappa shape index (κ3) is 2.94. The lowest BCUT2D eigenvalue weighted by atomic mass is 10.0. The fraction of sp³-hybridized carbons (Fsp3) is 0.500. The minimum atomic E-state index is -2.34. The van der Waals surface area contributed by atoms with Crippen LogP contribution in [0.25, 0.3) is 11.0 Å². The lowest BCUT2D eigenvalue weighted by Gasteiger charge is -2.42. The molecule has 3 rings (SSSR count). The summed E-state index contributed by atoms with van der Waals surface area (Å²) in [5.74, 6) is 0. The monoisotopic (exact) mass is 306 g/mol. The number of halogens is 2. The third-order valence-electron chi connectivity index (χ3n) is 4.43. The number of rotatable bonds is 3. The van der Waals surface area contributed by atoms with E-state index in [1.54, 1.807) is 12.4 Å². The van der Waals surface area contributed by atoms with Crippen molar-refractivity contribution in [2.45, 2.75) is 38.4 Å². The number of alkyl halides is 2. The summed E-state index contributed by atoms with van der Waals surface area (Å²) >= 11 is 0. The first-order valence-corrected chi connectivity index (χ1v) is 7.54. The van der Waals surface area contributed by atoms with Gasteiger partial charge in [0.15, 0.2) is 0 Å². The molecule has 1 aliphatic heterocycles. The minimum Gasteiger partial charge on any atom is -0.306 e. The Morgan fingerprint density at radius 3 is 2.68 bits per heavy atom. The van der Waals surface area contributed by atoms with Crippen LogP contribution in [0.3, 0.4) is 0 Å². The Hall–Kier alpha value is -1.66. The van der Waals surface area contributed by atoms with Crippen LogP contribution in [0.4, 0.5) is 8.78 Å². The van der Waals surface area contributed by atoms with E-state index < -0.39 is 12.5 Å². The summed E-state index contributed by atoms with van der Waals surface area (Å²) < 4.78 is 26.0. The highest BCUT2D eigenvalue weighted by Crippen LogP contribution is 2.27. The van der Waals surface area contributed by atoms with E-state index in [-0.39, 0.29) is 12.1 Å². The van der Waals surface area contributed by atoms with Crippen molar-refractivity contribution in [1.29, 1.82) is 0 Å². The van der Waals surface area contributed by atoms with Crippen LogP contribution in [0, 0.1) is 0 Å². The first-order valence-electron chi connectivity index (χ1n) is 7.54. The molecular formula is C16H20F2N4. The maximum atomic E-state index is 13.0. The summed E-state index contributed by atoms with van der Waals surface area (Å²) in [4.78, 5) is 10.7. The molecule has 1 unspecified atom stereocenters. The van der Waals surface area contributed by atoms with Crippen molar-refractivity contribution in [3.8, 4) is 0 Å². The molecule has 6 heteroatoms. The standard InChI is InChI=1S/C16H20F2N4/c1-10-8-21-15(16(17)18)9-22(10)11(2)12-3-4-13-14(7-12)20-6-5-19-13/h3-7,10-11,15-16,21H,8-9H2,1-2H3/t10-,11?,15-/m1/s1. The smallest absolute Gasteiger partial charge is 0.254 e. The van der Waals surface area contributed by atoms with E-state index >= 15 is 0 Å². The van der Waals surface area contributed by atoms with E-state index in [1.165, 1.54) is 0 Å². The molecule has 0 bridgehead atoms. The molecule has 2 aromatic rings. The molecule has 118 valence electrons. The number of hydrogen-bond acceptors (Lipinski definition) is 4. The van der Waals surface area contributed by atoms with Gasteiger partial charge in [0.1, 0.15) is 0 Å². The van der Waals surface area contributed by atoms with Crippen LogP contribution < -0.4 is 5.32 Å². The Labute approximate surface area is 128 Å². The Morgan fingerprint density at radius 1 is 1.23 bits per heavy atom. The molecule has 1 N–H and O–H groups in total. The van der Waals surface area contributed by atoms with Crippen molar-refractivity contribution in [3.05, 3.63) is 36.2 Å². The van der Waals surface area contributed by atoms with Gasteiger partial charge in [-0.3, -0.25) is 14.9 Å². The molecule has 0 amide bonds. The molecule has 1 aromatic heterocycles. The van der Waals surface area contributed by atoms with Crippen molar-refractivity contribution in [1.82, 2.24) is 20.2 Å². The van der Waals surface area contributed by atoms with Crippen LogP contribution in [0.5, 0.6) is 0 Å². The van der Waals surface area contributed by atoms with Gasteiger partial charge in [0.05, 0.1) is 17.1 Å². The average molecular weight is 306 g/mol. The van der Waals surface area contributed by atoms with Gasteiger partial charge in [0, 0.05) is 37.6 Å². The van der Waals surface area contributed by atoms with Gasteiger partial charge < -0.3 is 5.32 Å². The maximum absolute atomic E-state index is 13.0. The zero-order valence-electron chi connectivity index (χ0n) is 12.7. The number of piperazine rings is 1. The number of benzene rings is 1. The molecule has 0 spiro atoms. The quantitative estimate of drug-likeness (QED) is 0.946. The first kappa shape index (κ1) is 15.2. The molecule has 1 aromatic carbocycles. The predicted octanol–water partition coefficient (Wildman–Crippen LogP) is 2.62. The van der Waals surface area contributed by atoms with E-state index in [0.717, 1.165) is 16.6 Å². The van der Waals surface area contributed by atoms with Gasteiger partial charge in [0.25, 0.3) is 6.43 Å². The Balaban J connectivity index is 1.85. The highest BCUT2D eigenvalue weighted by atomic mass is 19.3. The van der Waals surface area contributed by atoms with Crippen molar-refractivity contribution in [3.63, 3.8) is 0 Å². The molecule has 2 heterocycles. The SMILES string of the molecule is CC(c1ccc2nccnc2c1)N1C[C@H](C(F)F)NC[C@H]1C. The number of aromatic nitrogens is 2. The highest BCUT2D eigenvalue weighted by molar-refractivity contribution is 5.74. The van der Waals surface area contributed by atoms with E-state index in [0.29, 0.717) is 13.1 Å². The number of nitrogens with zero attached hydrogens (tertiary/aromatic N) is 3. The summed E-state index contributed by atoms with van der Waals surface area (Å²) in [6.45, 7) is 5.04. The summed E-state index contributed by atoms with van der Waals surface area (Å²) in [6, 6.07) is 5.45. The topological polar surface area (TPSA) is 41.1 Å². The summed E-state index contributed by atoms with van der Waals surface area (Å²) in [5, 5.41) is 2.92. The van der Waals surface area contributed by atoms with Gasteiger partial charge in [-0.2, -0.15) is 0 Å². The fourth-order valence-electron chi connectivity index (χ4n) is 3.05. The second-order valence-electron chi connectivity index (χ2n) is 5.88. The van der Waals surface area contributed by atoms with Crippen molar-refractivity contribution < 1.29 is 8.78 Å². The second kappa shape index (κ2) is 6.22. The molecule has 0 radical (unpaired) electrons. The van der Waals surface area contributed by atoms with Crippen LogP contribution in [0.15, 0.2) is 30.6 Å². The molecular weight excluding hydrogens is 286 g/mol. The summed E-state index contributed by atoms with van der Waals surface area (Å²) in [6.07, 6.45) is 0.985. The molecule has 1 fully saturated rings. The number of nitrogens with one attached hydrogen (secondary N) is 1. The van der Waals surface area contributed by atoms with Crippen molar-refractivity contribution in [2.24, 2.45) is 0 Å². The minimum absolute atomic E-state index is 0.0600. The van der Waals surface area contributed by atoms with Gasteiger partial charge in [-0.15, -0.1) is 0 Å². The number of fused-ring (bicyclic) bond motifs is 1. The second-order valence-corrected chi connectivity index (χ2v) is 5.88. The molecule has 3 atom stereocenters. The largest absolute Gasteiger partial charge is 0.306 e. The normalized spacial score (nSPS) is 24.8. The average Bonchev–Trinajstić information content (AvgIpc) is 2.54. The molecule has 0 saturated carbocycles. The molecule has 22 heavy (non-hydrogen) atoms. The third-order valence-corrected chi connectivity index (χ3v) is 4.43. The Bertz CT molecular complexity index is 649. The van der Waals surface area contributed by atoms with E-state index in [4.69, 9.17) is 0 Å². The zero-order valence-corrected chi connectivity index (χ0v) is 12.7. The van der Waals surface area contributed by atoms with Gasteiger partial charge in [-0.05, 0) is 31.5 Å². The Morgan fingerprint density at radius 2 is 1.95 bits per heavy atom. The van der Waals surface area contributed by atoms with E-state index in [2.05, 4.69) is 34.0 Å². The lowest BCUT2D eigenvalue weighted by molar-refractivity contribution is 0.0224. The molecule has 1 saturated heterocycles. The van der Waals surface area contributed by atoms with Crippen molar-refractivity contribution >= 4 is 11.0 Å². The van der Waals surface area contributed by atoms with Crippen LogP contribution >= 0.6 is 0 Å². The first-order chi connectivity index (χ1) is 10.6. The fourth-order valence-corrected chi connectivity index (χ4v) is 3.05. The summed E-state index contributed by atoms with van der Waals surface area (Å²) in [5.41, 5.74) is 2.76.